The van der Waals surface area contributed by atoms with E-state index in [-0.39, 0.29) is 24.3 Å². The number of ketones is 1. The molecule has 46 heavy (non-hydrogen) atoms. The number of hydrogen-bond donors (Lipinski definition) is 4. The van der Waals surface area contributed by atoms with Gasteiger partial charge >= 0.3 is 12.2 Å². The maximum atomic E-state index is 14.7. The first-order valence-corrected chi connectivity index (χ1v) is 15.8. The van der Waals surface area contributed by atoms with Gasteiger partial charge in [-0.1, -0.05) is 84.9 Å². The molecule has 3 aromatic carbocycles. The lowest BCUT2D eigenvalue weighted by molar-refractivity contribution is -0.122. The quantitative estimate of drug-likeness (QED) is 0.268. The normalized spacial score (nSPS) is 27.5. The largest absolute Gasteiger partial charge is 0.444 e. The van der Waals surface area contributed by atoms with Crippen LogP contribution in [-0.4, -0.2) is 66.2 Å². The zero-order chi connectivity index (χ0) is 31.7. The predicted octanol–water partition coefficient (Wildman–Crippen LogP) is 3.85. The molecule has 10 heteroatoms. The van der Waals surface area contributed by atoms with Crippen LogP contribution in [0.4, 0.5) is 9.59 Å². The van der Waals surface area contributed by atoms with Gasteiger partial charge in [0.1, 0.15) is 17.7 Å². The molecule has 7 rings (SSSR count). The van der Waals surface area contributed by atoms with Gasteiger partial charge in [0.25, 0.3) is 0 Å². The number of aliphatic hydroxyl groups is 1. The summed E-state index contributed by atoms with van der Waals surface area (Å²) in [5.41, 5.74) is 2.96. The molecule has 0 bridgehead atoms. The maximum absolute atomic E-state index is 14.7. The topological polar surface area (TPSA) is 135 Å². The van der Waals surface area contributed by atoms with E-state index in [9.17, 15) is 19.5 Å². The number of carbonyl (C=O) groups is 3. The number of amides is 2. The molecular weight excluding hydrogens is 586 g/mol. The van der Waals surface area contributed by atoms with Gasteiger partial charge in [-0.2, -0.15) is 0 Å². The molecule has 2 saturated heterocycles. The lowest BCUT2D eigenvalue weighted by atomic mass is 9.76. The summed E-state index contributed by atoms with van der Waals surface area (Å²) in [4.78, 5) is 40.1. The van der Waals surface area contributed by atoms with E-state index in [4.69, 9.17) is 14.2 Å². The van der Waals surface area contributed by atoms with Crippen LogP contribution in [0.5, 0.6) is 0 Å². The fraction of sp³-hybridized carbons (Fsp3) is 0.361. The van der Waals surface area contributed by atoms with Crippen molar-refractivity contribution >= 4 is 18.0 Å². The Bertz CT molecular complexity index is 1620. The first-order valence-electron chi connectivity index (χ1n) is 15.8. The van der Waals surface area contributed by atoms with Crippen LogP contribution in [0.15, 0.2) is 96.7 Å². The second kappa shape index (κ2) is 12.6. The molecule has 0 saturated carbocycles. The summed E-state index contributed by atoms with van der Waals surface area (Å²) in [6.45, 7) is 0.866. The highest BCUT2D eigenvalue weighted by atomic mass is 16.6. The number of rotatable bonds is 10. The van der Waals surface area contributed by atoms with Crippen LogP contribution in [0.2, 0.25) is 0 Å². The van der Waals surface area contributed by atoms with Crippen molar-refractivity contribution in [3.05, 3.63) is 119 Å². The van der Waals surface area contributed by atoms with Crippen molar-refractivity contribution in [3.8, 4) is 0 Å². The van der Waals surface area contributed by atoms with Crippen molar-refractivity contribution in [2.24, 2.45) is 0 Å². The molecule has 0 spiro atoms. The minimum absolute atomic E-state index is 0.00550. The van der Waals surface area contributed by atoms with Gasteiger partial charge in [0.2, 0.25) is 0 Å². The van der Waals surface area contributed by atoms with Gasteiger partial charge in [0.05, 0.1) is 37.3 Å². The highest BCUT2D eigenvalue weighted by molar-refractivity contribution is 6.07. The monoisotopic (exact) mass is 623 g/mol. The molecule has 4 N–H and O–H groups in total. The second-order valence-electron chi connectivity index (χ2n) is 12.5. The molecule has 0 unspecified atom stereocenters. The average Bonchev–Trinajstić information content (AvgIpc) is 3.83. The van der Waals surface area contributed by atoms with Crippen LogP contribution in [-0.2, 0) is 31.8 Å². The van der Waals surface area contributed by atoms with Crippen LogP contribution in [0.1, 0.15) is 47.1 Å². The standard InChI is InChI=1S/C36H37N3O7/c40-29(28(17-22-9-3-1-4-10-22)38-34(42)45-24-15-16-44-21-24)19-36(18-23-11-5-2-6-12-23)33(41)27(20-37-36)30-25-13-7-8-14-26(25)31-32(30)46-35(43)39-31/h1-14,20,24,28-32,37,40H,15-19,21H2,(H,38,42)(H,39,43)/t24-,28-,29-,30+,31+,32-,36-/m0/s1. The fourth-order valence-electron chi connectivity index (χ4n) is 7.30. The van der Waals surface area contributed by atoms with E-state index in [0.29, 0.717) is 38.0 Å². The SMILES string of the molecule is O=C(N[C@@H](Cc1ccccc1)[C@@H](O)C[C@]1(Cc2ccccc2)NC=C([C@H]2c3ccccc3[C@H]3NC(=O)O[C@H]32)C1=O)O[C@H]1CCOC1. The van der Waals surface area contributed by atoms with Crippen LogP contribution < -0.4 is 16.0 Å². The highest BCUT2D eigenvalue weighted by Gasteiger charge is 2.55. The Hall–Kier alpha value is -4.67. The average molecular weight is 624 g/mol. The van der Waals surface area contributed by atoms with Crippen molar-refractivity contribution in [3.63, 3.8) is 0 Å². The first-order chi connectivity index (χ1) is 22.4. The highest BCUT2D eigenvalue weighted by Crippen LogP contribution is 2.50. The number of benzene rings is 3. The van der Waals surface area contributed by atoms with Gasteiger partial charge in [0.15, 0.2) is 5.78 Å². The van der Waals surface area contributed by atoms with Crippen LogP contribution in [0, 0.1) is 0 Å². The molecule has 0 radical (unpaired) electrons. The minimum atomic E-state index is -1.22. The second-order valence-corrected chi connectivity index (χ2v) is 12.5. The number of nitrogens with one attached hydrogen (secondary N) is 3. The van der Waals surface area contributed by atoms with Gasteiger partial charge in [-0.15, -0.1) is 0 Å². The molecule has 3 heterocycles. The summed E-state index contributed by atoms with van der Waals surface area (Å²) in [5.74, 6) is -0.653. The Kier molecular flexibility index (Phi) is 8.23. The zero-order valence-electron chi connectivity index (χ0n) is 25.3. The Morgan fingerprint density at radius 3 is 2.39 bits per heavy atom. The van der Waals surface area contributed by atoms with E-state index < -0.39 is 41.9 Å². The Morgan fingerprint density at radius 2 is 1.67 bits per heavy atom. The summed E-state index contributed by atoms with van der Waals surface area (Å²) in [6, 6.07) is 25.9. The molecule has 2 fully saturated rings. The van der Waals surface area contributed by atoms with Crippen molar-refractivity contribution in [1.82, 2.24) is 16.0 Å². The van der Waals surface area contributed by atoms with E-state index in [2.05, 4.69) is 16.0 Å². The summed E-state index contributed by atoms with van der Waals surface area (Å²) < 4.78 is 16.6. The van der Waals surface area contributed by atoms with E-state index in [1.165, 1.54) is 0 Å². The summed E-state index contributed by atoms with van der Waals surface area (Å²) >= 11 is 0. The number of carbonyl (C=O) groups excluding carboxylic acids is 3. The minimum Gasteiger partial charge on any atom is -0.444 e. The van der Waals surface area contributed by atoms with Gasteiger partial charge < -0.3 is 35.3 Å². The van der Waals surface area contributed by atoms with Crippen molar-refractivity contribution < 1.29 is 33.7 Å². The van der Waals surface area contributed by atoms with E-state index >= 15 is 0 Å². The molecule has 3 aromatic rings. The van der Waals surface area contributed by atoms with Gasteiger partial charge in [-0.25, -0.2) is 9.59 Å². The third-order valence-electron chi connectivity index (χ3n) is 9.51. The Balaban J connectivity index is 1.18. The molecule has 4 aliphatic rings. The number of aliphatic hydroxyl groups excluding tert-OH is 1. The molecule has 7 atom stereocenters. The molecule has 3 aliphatic heterocycles. The summed E-state index contributed by atoms with van der Waals surface area (Å²) in [5, 5.41) is 21.1. The van der Waals surface area contributed by atoms with Crippen LogP contribution in [0.3, 0.4) is 0 Å². The Morgan fingerprint density at radius 1 is 0.978 bits per heavy atom. The van der Waals surface area contributed by atoms with Crippen molar-refractivity contribution in [1.29, 1.82) is 0 Å². The van der Waals surface area contributed by atoms with Gasteiger partial charge in [-0.3, -0.25) is 4.79 Å². The number of Topliss-reactive ketones (excluding diaryl/α,β-unsaturated/α-hetero) is 1. The third-order valence-corrected chi connectivity index (χ3v) is 9.51. The van der Waals surface area contributed by atoms with Gasteiger partial charge in [0, 0.05) is 31.0 Å². The van der Waals surface area contributed by atoms with E-state index in [1.54, 1.807) is 6.20 Å². The first kappa shape index (κ1) is 30.0. The molecular formula is C36H37N3O7. The number of fused-ring (bicyclic) bond motifs is 3. The van der Waals surface area contributed by atoms with Crippen molar-refractivity contribution in [2.45, 2.75) is 67.5 Å². The van der Waals surface area contributed by atoms with E-state index in [0.717, 1.165) is 22.3 Å². The number of hydrogen-bond acceptors (Lipinski definition) is 8. The third kappa shape index (κ3) is 5.86. The summed E-state index contributed by atoms with van der Waals surface area (Å²) in [6.07, 6.45) is -0.220. The predicted molar refractivity (Wildman–Crippen MR) is 168 cm³/mol. The lowest BCUT2D eigenvalue weighted by Crippen LogP contribution is -2.55. The van der Waals surface area contributed by atoms with Crippen LogP contribution in [0.25, 0.3) is 0 Å². The van der Waals surface area contributed by atoms with Crippen LogP contribution >= 0.6 is 0 Å². The molecule has 0 aromatic heterocycles. The molecule has 10 nitrogen and oxygen atoms in total. The van der Waals surface area contributed by atoms with Gasteiger partial charge in [-0.05, 0) is 28.7 Å². The molecule has 1 aliphatic carbocycles. The fourth-order valence-corrected chi connectivity index (χ4v) is 7.30. The smallest absolute Gasteiger partial charge is 0.408 e. The lowest BCUT2D eigenvalue weighted by Gasteiger charge is -2.35. The molecule has 2 amide bonds. The number of alkyl carbamates (subject to hydrolysis) is 2. The summed E-state index contributed by atoms with van der Waals surface area (Å²) in [7, 11) is 0. The van der Waals surface area contributed by atoms with Crippen molar-refractivity contribution in [2.75, 3.05) is 13.2 Å². The molecule has 238 valence electrons. The Labute approximate surface area is 267 Å². The maximum Gasteiger partial charge on any atom is 0.408 e. The zero-order valence-corrected chi connectivity index (χ0v) is 25.3. The number of ether oxygens (including phenoxy) is 3. The van der Waals surface area contributed by atoms with E-state index in [1.807, 2.05) is 84.9 Å².